The van der Waals surface area contributed by atoms with Crippen molar-refractivity contribution in [1.29, 1.82) is 0 Å². The van der Waals surface area contributed by atoms with E-state index >= 15 is 0 Å². The van der Waals surface area contributed by atoms with Crippen molar-refractivity contribution in [2.75, 3.05) is 13.2 Å². The van der Waals surface area contributed by atoms with Crippen molar-refractivity contribution in [2.45, 2.75) is 45.9 Å². The van der Waals surface area contributed by atoms with E-state index in [1.54, 1.807) is 0 Å². The van der Waals surface area contributed by atoms with Gasteiger partial charge in [0.1, 0.15) is 6.17 Å². The highest BCUT2D eigenvalue weighted by molar-refractivity contribution is 5.85. The SMILES string of the molecule is CCOCC(C)N1C(=O)C(C(C)C)NC1c1ccccc1. The van der Waals surface area contributed by atoms with E-state index in [1.165, 1.54) is 0 Å². The highest BCUT2D eigenvalue weighted by atomic mass is 16.5. The first-order chi connectivity index (χ1) is 10.1. The van der Waals surface area contributed by atoms with E-state index in [4.69, 9.17) is 4.74 Å². The minimum atomic E-state index is -0.126. The van der Waals surface area contributed by atoms with Crippen molar-refractivity contribution < 1.29 is 9.53 Å². The van der Waals surface area contributed by atoms with Gasteiger partial charge in [0.25, 0.3) is 0 Å². The maximum atomic E-state index is 12.7. The van der Waals surface area contributed by atoms with Crippen LogP contribution in [-0.2, 0) is 9.53 Å². The molecule has 1 fully saturated rings. The average Bonchev–Trinajstić information content (AvgIpc) is 2.83. The van der Waals surface area contributed by atoms with Crippen molar-refractivity contribution in [2.24, 2.45) is 5.92 Å². The van der Waals surface area contributed by atoms with Gasteiger partial charge in [-0.1, -0.05) is 44.2 Å². The van der Waals surface area contributed by atoms with Crippen LogP contribution in [0.4, 0.5) is 0 Å². The molecule has 1 amide bonds. The molecule has 3 unspecified atom stereocenters. The molecule has 0 aromatic heterocycles. The fourth-order valence-electron chi connectivity index (χ4n) is 2.82. The van der Waals surface area contributed by atoms with E-state index in [0.29, 0.717) is 13.2 Å². The predicted molar refractivity (Wildman–Crippen MR) is 83.7 cm³/mol. The zero-order chi connectivity index (χ0) is 15.4. The fourth-order valence-corrected chi connectivity index (χ4v) is 2.82. The largest absolute Gasteiger partial charge is 0.380 e. The van der Waals surface area contributed by atoms with Gasteiger partial charge in [-0.15, -0.1) is 0 Å². The molecule has 1 aliphatic rings. The molecule has 0 radical (unpaired) electrons. The van der Waals surface area contributed by atoms with Crippen LogP contribution in [-0.4, -0.2) is 36.1 Å². The molecule has 0 aliphatic carbocycles. The molecular weight excluding hydrogens is 264 g/mol. The van der Waals surface area contributed by atoms with Gasteiger partial charge in [0, 0.05) is 6.61 Å². The van der Waals surface area contributed by atoms with Gasteiger partial charge in [-0.3, -0.25) is 10.1 Å². The van der Waals surface area contributed by atoms with Crippen LogP contribution in [0.2, 0.25) is 0 Å². The molecule has 0 spiro atoms. The van der Waals surface area contributed by atoms with Gasteiger partial charge in [0.2, 0.25) is 5.91 Å². The first-order valence-corrected chi connectivity index (χ1v) is 7.77. The van der Waals surface area contributed by atoms with Crippen LogP contribution in [0, 0.1) is 5.92 Å². The molecular formula is C17H26N2O2. The summed E-state index contributed by atoms with van der Waals surface area (Å²) in [5.41, 5.74) is 1.12. The van der Waals surface area contributed by atoms with Crippen molar-refractivity contribution in [3.05, 3.63) is 35.9 Å². The number of carbonyl (C=O) groups excluding carboxylic acids is 1. The van der Waals surface area contributed by atoms with Gasteiger partial charge in [0.05, 0.1) is 18.7 Å². The minimum absolute atomic E-state index is 0.0545. The molecule has 1 saturated heterocycles. The van der Waals surface area contributed by atoms with Crippen molar-refractivity contribution in [3.63, 3.8) is 0 Å². The summed E-state index contributed by atoms with van der Waals surface area (Å²) < 4.78 is 5.51. The van der Waals surface area contributed by atoms with E-state index in [9.17, 15) is 4.79 Å². The van der Waals surface area contributed by atoms with E-state index in [0.717, 1.165) is 5.56 Å². The quantitative estimate of drug-likeness (QED) is 0.875. The first kappa shape index (κ1) is 16.0. The first-order valence-electron chi connectivity index (χ1n) is 7.77. The lowest BCUT2D eigenvalue weighted by Crippen LogP contribution is -2.41. The summed E-state index contributed by atoms with van der Waals surface area (Å²) in [5, 5.41) is 3.48. The number of benzene rings is 1. The zero-order valence-corrected chi connectivity index (χ0v) is 13.4. The molecule has 1 aliphatic heterocycles. The van der Waals surface area contributed by atoms with Crippen LogP contribution in [0.5, 0.6) is 0 Å². The molecule has 2 rings (SSSR count). The summed E-state index contributed by atoms with van der Waals surface area (Å²) in [5.74, 6) is 0.444. The Morgan fingerprint density at radius 3 is 2.48 bits per heavy atom. The second-order valence-electron chi connectivity index (χ2n) is 5.96. The van der Waals surface area contributed by atoms with Crippen molar-refractivity contribution >= 4 is 5.91 Å². The fraction of sp³-hybridized carbons (Fsp3) is 0.588. The second-order valence-corrected chi connectivity index (χ2v) is 5.96. The highest BCUT2D eigenvalue weighted by Crippen LogP contribution is 2.30. The summed E-state index contributed by atoms with van der Waals surface area (Å²) in [4.78, 5) is 14.7. The third-order valence-electron chi connectivity index (χ3n) is 3.96. The summed E-state index contributed by atoms with van der Waals surface area (Å²) in [6, 6.07) is 10.1. The van der Waals surface area contributed by atoms with E-state index < -0.39 is 0 Å². The molecule has 3 atom stereocenters. The third kappa shape index (κ3) is 3.44. The molecule has 1 heterocycles. The standard InChI is InChI=1S/C17H26N2O2/c1-5-21-11-13(4)19-16(14-9-7-6-8-10-14)18-15(12(2)3)17(19)20/h6-10,12-13,15-16,18H,5,11H2,1-4H3. The summed E-state index contributed by atoms with van der Waals surface area (Å²) >= 11 is 0. The maximum Gasteiger partial charge on any atom is 0.241 e. The number of hydrogen-bond acceptors (Lipinski definition) is 3. The topological polar surface area (TPSA) is 41.6 Å². The van der Waals surface area contributed by atoms with Gasteiger partial charge in [-0.05, 0) is 25.3 Å². The monoisotopic (exact) mass is 290 g/mol. The summed E-state index contributed by atoms with van der Waals surface area (Å²) in [7, 11) is 0. The van der Waals surface area contributed by atoms with Crippen LogP contribution in [0.3, 0.4) is 0 Å². The average molecular weight is 290 g/mol. The third-order valence-corrected chi connectivity index (χ3v) is 3.96. The van der Waals surface area contributed by atoms with Gasteiger partial charge in [-0.25, -0.2) is 0 Å². The van der Waals surface area contributed by atoms with Gasteiger partial charge >= 0.3 is 0 Å². The Labute approximate surface area is 127 Å². The number of carbonyl (C=O) groups is 1. The van der Waals surface area contributed by atoms with E-state index in [2.05, 4.69) is 31.3 Å². The highest BCUT2D eigenvalue weighted by Gasteiger charge is 2.43. The Kier molecular flexibility index (Phi) is 5.37. The lowest BCUT2D eigenvalue weighted by molar-refractivity contribution is -0.134. The van der Waals surface area contributed by atoms with Gasteiger partial charge in [0.15, 0.2) is 0 Å². The number of nitrogens with zero attached hydrogens (tertiary/aromatic N) is 1. The van der Waals surface area contributed by atoms with E-state index in [-0.39, 0.29) is 30.1 Å². The molecule has 4 heteroatoms. The number of hydrogen-bond donors (Lipinski definition) is 1. The Morgan fingerprint density at radius 2 is 1.90 bits per heavy atom. The van der Waals surface area contributed by atoms with E-state index in [1.807, 2.05) is 36.9 Å². The molecule has 1 N–H and O–H groups in total. The lowest BCUT2D eigenvalue weighted by Gasteiger charge is -2.30. The summed E-state index contributed by atoms with van der Waals surface area (Å²) in [6.07, 6.45) is -0.0680. The van der Waals surface area contributed by atoms with Crippen molar-refractivity contribution in [3.8, 4) is 0 Å². The number of ether oxygens (including phenoxy) is 1. The van der Waals surface area contributed by atoms with Crippen LogP contribution in [0.1, 0.15) is 39.4 Å². The smallest absolute Gasteiger partial charge is 0.241 e. The molecule has 0 bridgehead atoms. The van der Waals surface area contributed by atoms with Gasteiger partial charge < -0.3 is 9.64 Å². The lowest BCUT2D eigenvalue weighted by atomic mass is 10.0. The number of amides is 1. The second kappa shape index (κ2) is 7.05. The Morgan fingerprint density at radius 1 is 1.24 bits per heavy atom. The molecule has 1 aromatic rings. The molecule has 0 saturated carbocycles. The molecule has 1 aromatic carbocycles. The molecule has 4 nitrogen and oxygen atoms in total. The van der Waals surface area contributed by atoms with Crippen LogP contribution in [0.15, 0.2) is 30.3 Å². The Hall–Kier alpha value is -1.39. The van der Waals surface area contributed by atoms with Crippen LogP contribution < -0.4 is 5.32 Å². The predicted octanol–water partition coefficient (Wildman–Crippen LogP) is 2.57. The Bertz CT molecular complexity index is 461. The molecule has 21 heavy (non-hydrogen) atoms. The summed E-state index contributed by atoms with van der Waals surface area (Å²) in [6.45, 7) is 9.42. The number of nitrogens with one attached hydrogen (secondary N) is 1. The normalized spacial score (nSPS) is 23.9. The number of rotatable bonds is 6. The van der Waals surface area contributed by atoms with Crippen LogP contribution >= 0.6 is 0 Å². The van der Waals surface area contributed by atoms with Gasteiger partial charge in [-0.2, -0.15) is 0 Å². The zero-order valence-electron chi connectivity index (χ0n) is 13.4. The maximum absolute atomic E-state index is 12.7. The van der Waals surface area contributed by atoms with Crippen molar-refractivity contribution in [1.82, 2.24) is 10.2 Å². The molecule has 116 valence electrons. The minimum Gasteiger partial charge on any atom is -0.380 e. The Balaban J connectivity index is 2.25. The van der Waals surface area contributed by atoms with Crippen LogP contribution in [0.25, 0.3) is 0 Å².